The number of nitrogens with zero attached hydrogens (tertiary/aromatic N) is 3. The smallest absolute Gasteiger partial charge is 0.0561 e. The number of benzene rings is 2. The van der Waals surface area contributed by atoms with Crippen LogP contribution in [-0.2, 0) is 6.54 Å². The van der Waals surface area contributed by atoms with Crippen LogP contribution in [0.3, 0.4) is 0 Å². The van der Waals surface area contributed by atoms with Gasteiger partial charge in [0, 0.05) is 32.7 Å². The fraction of sp³-hybridized carbons (Fsp3) is 0.409. The molecule has 0 atom stereocenters. The number of hydrogen-bond donors (Lipinski definition) is 1. The van der Waals surface area contributed by atoms with Crippen LogP contribution in [0.5, 0.6) is 0 Å². The molecule has 1 saturated heterocycles. The summed E-state index contributed by atoms with van der Waals surface area (Å²) in [6.07, 6.45) is 1.94. The van der Waals surface area contributed by atoms with Crippen molar-refractivity contribution in [3.8, 4) is 0 Å². The fourth-order valence-electron chi connectivity index (χ4n) is 3.46. The summed E-state index contributed by atoms with van der Waals surface area (Å²) in [5, 5.41) is 4.43. The highest BCUT2D eigenvalue weighted by molar-refractivity contribution is 5.83. The highest BCUT2D eigenvalue weighted by Crippen LogP contribution is 2.18. The number of para-hydroxylation sites is 1. The lowest BCUT2D eigenvalue weighted by Crippen LogP contribution is -2.45. The van der Waals surface area contributed by atoms with E-state index in [9.17, 15) is 0 Å². The molecule has 0 spiro atoms. The molecule has 1 N–H and O–H groups in total. The van der Waals surface area contributed by atoms with Gasteiger partial charge in [0.1, 0.15) is 0 Å². The van der Waals surface area contributed by atoms with Crippen molar-refractivity contribution < 1.29 is 0 Å². The molecule has 4 heteroatoms. The molecule has 0 unspecified atom stereocenters. The lowest BCUT2D eigenvalue weighted by Gasteiger charge is -2.34. The zero-order valence-corrected chi connectivity index (χ0v) is 16.2. The maximum atomic E-state index is 4.43. The average molecular weight is 351 g/mol. The second-order valence-electron chi connectivity index (χ2n) is 7.08. The molecule has 0 aromatic heterocycles. The minimum absolute atomic E-state index is 1.00. The van der Waals surface area contributed by atoms with E-state index in [4.69, 9.17) is 0 Å². The van der Waals surface area contributed by atoms with E-state index < -0.39 is 0 Å². The minimum Gasteiger partial charge on any atom is -0.301 e. The molecule has 0 aliphatic carbocycles. The predicted molar refractivity (Wildman–Crippen MR) is 111 cm³/mol. The van der Waals surface area contributed by atoms with Gasteiger partial charge < -0.3 is 4.90 Å². The summed E-state index contributed by atoms with van der Waals surface area (Å²) in [5.74, 6) is 0. The Balaban J connectivity index is 1.68. The van der Waals surface area contributed by atoms with Crippen LogP contribution in [0.4, 0.5) is 5.69 Å². The van der Waals surface area contributed by atoms with Gasteiger partial charge in [-0.05, 0) is 49.2 Å². The van der Waals surface area contributed by atoms with E-state index in [1.54, 1.807) is 0 Å². The molecular formula is C22H30N4. The Morgan fingerprint density at radius 1 is 1.00 bits per heavy atom. The Morgan fingerprint density at radius 2 is 1.69 bits per heavy atom. The number of nitrogens with one attached hydrogen (secondary N) is 1. The van der Waals surface area contributed by atoms with Crippen LogP contribution in [0, 0.1) is 13.8 Å². The molecule has 0 radical (unpaired) electrons. The first-order valence-electron chi connectivity index (χ1n) is 9.54. The van der Waals surface area contributed by atoms with Crippen LogP contribution in [-0.4, -0.2) is 48.7 Å². The van der Waals surface area contributed by atoms with Gasteiger partial charge in [-0.1, -0.05) is 42.8 Å². The zero-order chi connectivity index (χ0) is 18.4. The molecule has 0 amide bonds. The van der Waals surface area contributed by atoms with Gasteiger partial charge in [-0.25, -0.2) is 0 Å². The monoisotopic (exact) mass is 350 g/mol. The van der Waals surface area contributed by atoms with Crippen molar-refractivity contribution in [1.82, 2.24) is 9.80 Å². The van der Waals surface area contributed by atoms with E-state index in [0.29, 0.717) is 0 Å². The summed E-state index contributed by atoms with van der Waals surface area (Å²) in [7, 11) is 0. The number of likely N-dealkylation sites (N-methyl/N-ethyl adjacent to an activating group) is 1. The topological polar surface area (TPSA) is 30.9 Å². The number of anilines is 1. The van der Waals surface area contributed by atoms with Crippen molar-refractivity contribution in [2.45, 2.75) is 27.3 Å². The number of rotatable bonds is 6. The van der Waals surface area contributed by atoms with E-state index in [1.165, 1.54) is 35.3 Å². The number of aryl methyl sites for hydroxylation is 1. The maximum Gasteiger partial charge on any atom is 0.0561 e. The second-order valence-corrected chi connectivity index (χ2v) is 7.08. The normalized spacial score (nSPS) is 16.3. The van der Waals surface area contributed by atoms with Crippen LogP contribution >= 0.6 is 0 Å². The van der Waals surface area contributed by atoms with Gasteiger partial charge in [0.2, 0.25) is 0 Å². The summed E-state index contributed by atoms with van der Waals surface area (Å²) in [6, 6.07) is 14.6. The van der Waals surface area contributed by atoms with Gasteiger partial charge in [0.25, 0.3) is 0 Å². The van der Waals surface area contributed by atoms with Gasteiger partial charge in [-0.15, -0.1) is 0 Å². The van der Waals surface area contributed by atoms with Crippen molar-refractivity contribution in [1.29, 1.82) is 0 Å². The van der Waals surface area contributed by atoms with E-state index in [-0.39, 0.29) is 0 Å². The highest BCUT2D eigenvalue weighted by atomic mass is 15.3. The lowest BCUT2D eigenvalue weighted by molar-refractivity contribution is 0.132. The first-order valence-corrected chi connectivity index (χ1v) is 9.54. The van der Waals surface area contributed by atoms with Crippen molar-refractivity contribution in [2.24, 2.45) is 5.10 Å². The van der Waals surface area contributed by atoms with E-state index in [1.807, 2.05) is 36.5 Å². The third-order valence-corrected chi connectivity index (χ3v) is 5.18. The van der Waals surface area contributed by atoms with Crippen molar-refractivity contribution in [2.75, 3.05) is 38.1 Å². The van der Waals surface area contributed by atoms with Crippen LogP contribution in [0.2, 0.25) is 0 Å². The number of hydrogen-bond acceptors (Lipinski definition) is 4. The van der Waals surface area contributed by atoms with Crippen molar-refractivity contribution in [3.05, 3.63) is 64.7 Å². The van der Waals surface area contributed by atoms with Crippen LogP contribution in [0.25, 0.3) is 0 Å². The molecule has 138 valence electrons. The molecule has 2 aromatic rings. The van der Waals surface area contributed by atoms with Crippen LogP contribution in [0.1, 0.15) is 29.2 Å². The summed E-state index contributed by atoms with van der Waals surface area (Å²) in [4.78, 5) is 5.09. The van der Waals surface area contributed by atoms with Gasteiger partial charge >= 0.3 is 0 Å². The quantitative estimate of drug-likeness (QED) is 0.633. The summed E-state index contributed by atoms with van der Waals surface area (Å²) >= 11 is 0. The molecule has 3 rings (SSSR count). The van der Waals surface area contributed by atoms with Crippen LogP contribution in [0.15, 0.2) is 47.6 Å². The Bertz CT molecular complexity index is 731. The summed E-state index contributed by atoms with van der Waals surface area (Å²) < 4.78 is 0. The third-order valence-electron chi connectivity index (χ3n) is 5.18. The molecule has 2 aromatic carbocycles. The van der Waals surface area contributed by atoms with E-state index >= 15 is 0 Å². The van der Waals surface area contributed by atoms with E-state index in [2.05, 4.69) is 53.2 Å². The molecule has 4 nitrogen and oxygen atoms in total. The fourth-order valence-corrected chi connectivity index (χ4v) is 3.46. The average Bonchev–Trinajstić information content (AvgIpc) is 2.67. The van der Waals surface area contributed by atoms with Crippen molar-refractivity contribution >= 4 is 11.9 Å². The molecule has 0 bridgehead atoms. The van der Waals surface area contributed by atoms with Gasteiger partial charge in [0.15, 0.2) is 0 Å². The highest BCUT2D eigenvalue weighted by Gasteiger charge is 2.16. The first kappa shape index (κ1) is 18.6. The predicted octanol–water partition coefficient (Wildman–Crippen LogP) is 3.89. The Hall–Kier alpha value is -2.17. The first-order chi connectivity index (χ1) is 12.7. The number of hydrazone groups is 1. The number of piperazine rings is 1. The Labute approximate surface area is 157 Å². The summed E-state index contributed by atoms with van der Waals surface area (Å²) in [5.41, 5.74) is 9.33. The lowest BCUT2D eigenvalue weighted by atomic mass is 9.99. The third kappa shape index (κ3) is 4.93. The van der Waals surface area contributed by atoms with E-state index in [0.717, 1.165) is 31.9 Å². The van der Waals surface area contributed by atoms with Gasteiger partial charge in [-0.2, -0.15) is 5.10 Å². The Kier molecular flexibility index (Phi) is 6.42. The SMILES string of the molecule is CCN1CCN(Cc2cc(C)cc(C=NNc3ccccc3)c2C)CC1. The minimum atomic E-state index is 1.00. The van der Waals surface area contributed by atoms with Gasteiger partial charge in [0.05, 0.1) is 11.9 Å². The standard InChI is InChI=1S/C22H30N4/c1-4-25-10-12-26(13-11-25)17-21-15-18(2)14-20(19(21)3)16-23-24-22-8-6-5-7-9-22/h5-9,14-16,24H,4,10-13,17H2,1-3H3. The molecule has 26 heavy (non-hydrogen) atoms. The second kappa shape index (κ2) is 8.97. The largest absolute Gasteiger partial charge is 0.301 e. The molecule has 1 fully saturated rings. The molecule has 0 saturated carbocycles. The Morgan fingerprint density at radius 3 is 2.38 bits per heavy atom. The maximum absolute atomic E-state index is 4.43. The zero-order valence-electron chi connectivity index (χ0n) is 16.2. The van der Waals surface area contributed by atoms with Crippen molar-refractivity contribution in [3.63, 3.8) is 0 Å². The molecule has 1 heterocycles. The van der Waals surface area contributed by atoms with Crippen LogP contribution < -0.4 is 5.43 Å². The molecule has 1 aliphatic heterocycles. The van der Waals surface area contributed by atoms with Gasteiger partial charge in [-0.3, -0.25) is 10.3 Å². The molecule has 1 aliphatic rings. The molecular weight excluding hydrogens is 320 g/mol. The summed E-state index contributed by atoms with van der Waals surface area (Å²) in [6.45, 7) is 13.5.